The Morgan fingerprint density at radius 1 is 1.11 bits per heavy atom. The van der Waals surface area contributed by atoms with Crippen LogP contribution >= 0.6 is 0 Å². The largest absolute Gasteiger partial charge is 0.497 e. The molecule has 0 heterocycles. The summed E-state index contributed by atoms with van der Waals surface area (Å²) in [6.07, 6.45) is 7.51. The van der Waals surface area contributed by atoms with E-state index in [1.54, 1.807) is 7.11 Å². The van der Waals surface area contributed by atoms with Gasteiger partial charge in [0.25, 0.3) is 0 Å². The van der Waals surface area contributed by atoms with Gasteiger partial charge in [-0.05, 0) is 90.3 Å². The third-order valence-corrected chi connectivity index (χ3v) is 7.71. The second-order valence-corrected chi connectivity index (χ2v) is 9.05. The van der Waals surface area contributed by atoms with Crippen molar-refractivity contribution in [3.05, 3.63) is 70.8 Å². The molecule has 2 fully saturated rings. The van der Waals surface area contributed by atoms with E-state index < -0.39 is 0 Å². The Hall–Kier alpha value is -2.35. The monoisotopic (exact) mass is 372 g/mol. The van der Waals surface area contributed by atoms with Gasteiger partial charge in [0.2, 0.25) is 0 Å². The Bertz CT molecular complexity index is 942. The van der Waals surface area contributed by atoms with Gasteiger partial charge in [0.15, 0.2) is 5.78 Å². The van der Waals surface area contributed by atoms with E-state index in [4.69, 9.17) is 4.74 Å². The maximum Gasteiger partial charge on any atom is 0.165 e. The van der Waals surface area contributed by atoms with Crippen molar-refractivity contribution in [2.24, 2.45) is 17.3 Å². The van der Waals surface area contributed by atoms with Crippen LogP contribution < -0.4 is 4.74 Å². The summed E-state index contributed by atoms with van der Waals surface area (Å²) in [4.78, 5) is 13.4. The molecule has 3 aliphatic carbocycles. The first kappa shape index (κ1) is 17.7. The third-order valence-electron chi connectivity index (χ3n) is 7.71. The highest BCUT2D eigenvalue weighted by atomic mass is 16.5. The van der Waals surface area contributed by atoms with Crippen LogP contribution in [0, 0.1) is 17.3 Å². The number of hydrogen-bond acceptors (Lipinski definition) is 2. The second-order valence-electron chi connectivity index (χ2n) is 9.05. The molecule has 3 aliphatic rings. The molecule has 4 atom stereocenters. The molecule has 0 bridgehead atoms. The lowest BCUT2D eigenvalue weighted by Crippen LogP contribution is -2.42. The second kappa shape index (κ2) is 6.62. The summed E-state index contributed by atoms with van der Waals surface area (Å²) in [6.45, 7) is 2.24. The molecule has 2 saturated carbocycles. The van der Waals surface area contributed by atoms with E-state index in [9.17, 15) is 4.79 Å². The van der Waals surface area contributed by atoms with Crippen molar-refractivity contribution >= 4 is 11.9 Å². The van der Waals surface area contributed by atoms with Crippen LogP contribution in [0.3, 0.4) is 0 Å². The van der Waals surface area contributed by atoms with Gasteiger partial charge in [0.1, 0.15) is 5.75 Å². The zero-order valence-electron chi connectivity index (χ0n) is 16.8. The molecule has 0 spiro atoms. The summed E-state index contributed by atoms with van der Waals surface area (Å²) in [5.74, 6) is 3.05. The summed E-state index contributed by atoms with van der Waals surface area (Å²) >= 11 is 0. The van der Waals surface area contributed by atoms with E-state index >= 15 is 0 Å². The van der Waals surface area contributed by atoms with Gasteiger partial charge in [-0.25, -0.2) is 0 Å². The van der Waals surface area contributed by atoms with Gasteiger partial charge in [-0.15, -0.1) is 0 Å². The molecule has 28 heavy (non-hydrogen) atoms. The number of carbonyl (C=O) groups excluding carboxylic acids is 1. The van der Waals surface area contributed by atoms with E-state index in [2.05, 4.69) is 43.3 Å². The van der Waals surface area contributed by atoms with Crippen LogP contribution in [0.4, 0.5) is 0 Å². The first-order chi connectivity index (χ1) is 13.6. The lowest BCUT2D eigenvalue weighted by molar-refractivity contribution is -0.127. The number of aryl methyl sites for hydroxylation is 1. The predicted octanol–water partition coefficient (Wildman–Crippen LogP) is 5.81. The summed E-state index contributed by atoms with van der Waals surface area (Å²) in [5, 5.41) is 0. The van der Waals surface area contributed by atoms with Gasteiger partial charge in [-0.1, -0.05) is 43.3 Å². The topological polar surface area (TPSA) is 26.3 Å². The molecular weight excluding hydrogens is 344 g/mol. The maximum absolute atomic E-state index is 13.4. The molecule has 144 valence electrons. The number of Topliss-reactive ketones (excluding diaryl/α,β-unsaturated/α-hetero) is 1. The standard InChI is InChI=1S/C26H28O2/c1-26-13-12-22-21-11-9-20(28-2)15-18(21)8-10-23(22)24(26)16-19(25(26)27)14-17-6-4-3-5-7-17/h3-7,9,11,14-15,22-24H,8,10,12-13,16H2,1-2H3/b19-14+/t22-,23-,24-,26+/m0/s1. The Balaban J connectivity index is 1.48. The van der Waals surface area contributed by atoms with E-state index in [-0.39, 0.29) is 5.41 Å². The number of allylic oxidation sites excluding steroid dienone is 1. The number of fused-ring (bicyclic) bond motifs is 5. The Labute approximate surface area is 167 Å². The quantitative estimate of drug-likeness (QED) is 0.622. The molecule has 2 aromatic carbocycles. The molecule has 0 amide bonds. The highest BCUT2D eigenvalue weighted by molar-refractivity contribution is 6.06. The molecule has 0 aromatic heterocycles. The van der Waals surface area contributed by atoms with Gasteiger partial charge in [-0.2, -0.15) is 0 Å². The van der Waals surface area contributed by atoms with Crippen molar-refractivity contribution in [1.82, 2.24) is 0 Å². The Morgan fingerprint density at radius 2 is 1.93 bits per heavy atom. The molecule has 2 nitrogen and oxygen atoms in total. The van der Waals surface area contributed by atoms with Gasteiger partial charge in [-0.3, -0.25) is 4.79 Å². The molecule has 2 heteroatoms. The van der Waals surface area contributed by atoms with E-state index in [1.165, 1.54) is 17.5 Å². The van der Waals surface area contributed by atoms with Crippen LogP contribution in [-0.4, -0.2) is 12.9 Å². The number of carbonyl (C=O) groups is 1. The zero-order valence-corrected chi connectivity index (χ0v) is 16.8. The highest BCUT2D eigenvalue weighted by Gasteiger charge is 2.56. The average molecular weight is 373 g/mol. The maximum atomic E-state index is 13.4. The molecule has 0 unspecified atom stereocenters. The SMILES string of the molecule is COc1ccc2c(c1)CC[C@H]1[C@H]2CC[C@@]2(C)C(=O)/C(=C/c3ccccc3)C[C@@H]12. The lowest BCUT2D eigenvalue weighted by Gasteiger charge is -2.48. The lowest BCUT2D eigenvalue weighted by atomic mass is 9.55. The molecule has 2 aromatic rings. The van der Waals surface area contributed by atoms with Gasteiger partial charge in [0, 0.05) is 5.41 Å². The van der Waals surface area contributed by atoms with Crippen LogP contribution in [0.2, 0.25) is 0 Å². The summed E-state index contributed by atoms with van der Waals surface area (Å²) < 4.78 is 5.43. The fourth-order valence-corrected chi connectivity index (χ4v) is 6.24. The van der Waals surface area contributed by atoms with E-state index in [1.807, 2.05) is 18.2 Å². The van der Waals surface area contributed by atoms with Crippen LogP contribution in [-0.2, 0) is 11.2 Å². The molecule has 5 rings (SSSR count). The number of methoxy groups -OCH3 is 1. The number of ether oxygens (including phenoxy) is 1. The summed E-state index contributed by atoms with van der Waals surface area (Å²) in [5.41, 5.74) is 4.97. The molecule has 0 saturated heterocycles. The fourth-order valence-electron chi connectivity index (χ4n) is 6.24. The third kappa shape index (κ3) is 2.65. The minimum absolute atomic E-state index is 0.175. The number of hydrogen-bond donors (Lipinski definition) is 0. The predicted molar refractivity (Wildman–Crippen MR) is 112 cm³/mol. The first-order valence-corrected chi connectivity index (χ1v) is 10.6. The van der Waals surface area contributed by atoms with Crippen molar-refractivity contribution < 1.29 is 9.53 Å². The first-order valence-electron chi connectivity index (χ1n) is 10.6. The van der Waals surface area contributed by atoms with E-state index in [0.717, 1.165) is 42.6 Å². The zero-order chi connectivity index (χ0) is 19.3. The van der Waals surface area contributed by atoms with Crippen LogP contribution in [0.25, 0.3) is 6.08 Å². The van der Waals surface area contributed by atoms with Crippen molar-refractivity contribution in [3.63, 3.8) is 0 Å². The number of benzene rings is 2. The van der Waals surface area contributed by atoms with Crippen molar-refractivity contribution in [2.45, 2.75) is 44.9 Å². The molecule has 0 radical (unpaired) electrons. The normalized spacial score (nSPS) is 32.6. The van der Waals surface area contributed by atoms with Crippen molar-refractivity contribution in [1.29, 1.82) is 0 Å². The van der Waals surface area contributed by atoms with Gasteiger partial charge >= 0.3 is 0 Å². The number of ketones is 1. The Kier molecular flexibility index (Phi) is 4.19. The fraction of sp³-hybridized carbons (Fsp3) is 0.423. The van der Waals surface area contributed by atoms with Gasteiger partial charge < -0.3 is 4.74 Å². The van der Waals surface area contributed by atoms with Crippen molar-refractivity contribution in [3.8, 4) is 5.75 Å². The van der Waals surface area contributed by atoms with Crippen LogP contribution in [0.1, 0.15) is 55.2 Å². The minimum atomic E-state index is -0.175. The highest BCUT2D eigenvalue weighted by Crippen LogP contribution is 2.60. The van der Waals surface area contributed by atoms with Crippen molar-refractivity contribution in [2.75, 3.05) is 7.11 Å². The number of rotatable bonds is 2. The molecular formula is C26H28O2. The smallest absolute Gasteiger partial charge is 0.165 e. The van der Waals surface area contributed by atoms with Gasteiger partial charge in [0.05, 0.1) is 7.11 Å². The minimum Gasteiger partial charge on any atom is -0.497 e. The van der Waals surface area contributed by atoms with Crippen LogP contribution in [0.15, 0.2) is 54.1 Å². The average Bonchev–Trinajstić information content (AvgIpc) is 2.99. The van der Waals surface area contributed by atoms with E-state index in [0.29, 0.717) is 23.5 Å². The van der Waals surface area contributed by atoms with Crippen LogP contribution in [0.5, 0.6) is 5.75 Å². The molecule has 0 aliphatic heterocycles. The molecule has 0 N–H and O–H groups in total. The summed E-state index contributed by atoms with van der Waals surface area (Å²) in [7, 11) is 1.74. The summed E-state index contributed by atoms with van der Waals surface area (Å²) in [6, 6.07) is 16.9. The Morgan fingerprint density at radius 3 is 2.71 bits per heavy atom.